The van der Waals surface area contributed by atoms with Gasteiger partial charge in [0.1, 0.15) is 0 Å². The zero-order valence-corrected chi connectivity index (χ0v) is 12.7. The minimum Gasteiger partial charge on any atom is -0.360 e. The van der Waals surface area contributed by atoms with E-state index in [0.29, 0.717) is 0 Å². The second-order valence-corrected chi connectivity index (χ2v) is 6.85. The molecule has 0 unspecified atom stereocenters. The van der Waals surface area contributed by atoms with Crippen molar-refractivity contribution in [1.29, 1.82) is 0 Å². The molecule has 2 heterocycles. The molecule has 0 spiro atoms. The molecule has 19 heavy (non-hydrogen) atoms. The van der Waals surface area contributed by atoms with Crippen molar-refractivity contribution in [2.24, 2.45) is 5.92 Å². The van der Waals surface area contributed by atoms with Gasteiger partial charge in [-0.05, 0) is 52.6 Å². The molecule has 2 rings (SSSR count). The van der Waals surface area contributed by atoms with E-state index in [1.165, 1.54) is 25.9 Å². The van der Waals surface area contributed by atoms with Crippen LogP contribution in [-0.2, 0) is 13.1 Å². The van der Waals surface area contributed by atoms with Gasteiger partial charge in [-0.25, -0.2) is 0 Å². The average Bonchev–Trinajstić information content (AvgIpc) is 2.77. The van der Waals surface area contributed by atoms with Crippen molar-refractivity contribution >= 4 is 0 Å². The quantitative estimate of drug-likeness (QED) is 0.909. The van der Waals surface area contributed by atoms with Gasteiger partial charge in [0.25, 0.3) is 0 Å². The molecule has 1 aromatic rings. The SMILES string of the molecule is CC1CCN(Cc2cc(CNC(C)(C)C)no2)CC1. The Labute approximate surface area is 116 Å². The van der Waals surface area contributed by atoms with Crippen molar-refractivity contribution in [3.63, 3.8) is 0 Å². The standard InChI is InChI=1S/C15H27N3O/c1-12-5-7-18(8-6-12)11-14-9-13(17-19-14)10-16-15(2,3)4/h9,12,16H,5-8,10-11H2,1-4H3. The minimum absolute atomic E-state index is 0.113. The molecule has 108 valence electrons. The van der Waals surface area contributed by atoms with Crippen molar-refractivity contribution < 1.29 is 4.52 Å². The van der Waals surface area contributed by atoms with Crippen molar-refractivity contribution in [2.45, 2.75) is 59.2 Å². The van der Waals surface area contributed by atoms with Gasteiger partial charge in [-0.1, -0.05) is 12.1 Å². The number of rotatable bonds is 4. The molecule has 0 atom stereocenters. The molecule has 0 aromatic carbocycles. The molecule has 0 bridgehead atoms. The van der Waals surface area contributed by atoms with Crippen LogP contribution in [0.25, 0.3) is 0 Å². The normalized spacial score (nSPS) is 18.9. The van der Waals surface area contributed by atoms with E-state index >= 15 is 0 Å². The third-order valence-corrected chi connectivity index (χ3v) is 3.66. The molecule has 0 saturated carbocycles. The minimum atomic E-state index is 0.113. The smallest absolute Gasteiger partial charge is 0.151 e. The summed E-state index contributed by atoms with van der Waals surface area (Å²) in [6.45, 7) is 12.8. The summed E-state index contributed by atoms with van der Waals surface area (Å²) in [4.78, 5) is 2.46. The predicted octanol–water partition coefficient (Wildman–Crippen LogP) is 2.79. The zero-order chi connectivity index (χ0) is 13.9. The molecular weight excluding hydrogens is 238 g/mol. The molecule has 1 N–H and O–H groups in total. The van der Waals surface area contributed by atoms with Crippen LogP contribution in [0.5, 0.6) is 0 Å². The van der Waals surface area contributed by atoms with Crippen LogP contribution in [-0.4, -0.2) is 28.7 Å². The highest BCUT2D eigenvalue weighted by Gasteiger charge is 2.17. The maximum Gasteiger partial charge on any atom is 0.151 e. The molecule has 0 amide bonds. The second kappa shape index (κ2) is 6.06. The van der Waals surface area contributed by atoms with Gasteiger partial charge in [0.2, 0.25) is 0 Å². The Hall–Kier alpha value is -0.870. The molecule has 4 nitrogen and oxygen atoms in total. The van der Waals surface area contributed by atoms with Crippen LogP contribution in [0.2, 0.25) is 0 Å². The summed E-state index contributed by atoms with van der Waals surface area (Å²) in [5, 5.41) is 7.56. The highest BCUT2D eigenvalue weighted by atomic mass is 16.5. The first-order valence-electron chi connectivity index (χ1n) is 7.34. The molecule has 0 radical (unpaired) electrons. The molecule has 1 fully saturated rings. The summed E-state index contributed by atoms with van der Waals surface area (Å²) >= 11 is 0. The Morgan fingerprint density at radius 3 is 2.68 bits per heavy atom. The molecule has 1 aliphatic rings. The lowest BCUT2D eigenvalue weighted by molar-refractivity contribution is 0.168. The van der Waals surface area contributed by atoms with Crippen LogP contribution in [0.3, 0.4) is 0 Å². The fourth-order valence-corrected chi connectivity index (χ4v) is 2.31. The fraction of sp³-hybridized carbons (Fsp3) is 0.800. The van der Waals surface area contributed by atoms with E-state index in [9.17, 15) is 0 Å². The number of likely N-dealkylation sites (tertiary alicyclic amines) is 1. The van der Waals surface area contributed by atoms with Gasteiger partial charge in [0, 0.05) is 18.2 Å². The van der Waals surface area contributed by atoms with E-state index in [-0.39, 0.29) is 5.54 Å². The van der Waals surface area contributed by atoms with Crippen molar-refractivity contribution in [3.05, 3.63) is 17.5 Å². The van der Waals surface area contributed by atoms with Crippen LogP contribution in [0.1, 0.15) is 52.0 Å². The van der Waals surface area contributed by atoms with E-state index in [1.807, 2.05) is 0 Å². The monoisotopic (exact) mass is 265 g/mol. The summed E-state index contributed by atoms with van der Waals surface area (Å²) in [5.41, 5.74) is 1.11. The summed E-state index contributed by atoms with van der Waals surface area (Å²) in [5.74, 6) is 1.86. The van der Waals surface area contributed by atoms with Crippen LogP contribution in [0.15, 0.2) is 10.6 Å². The van der Waals surface area contributed by atoms with Gasteiger partial charge < -0.3 is 9.84 Å². The molecule has 1 aliphatic heterocycles. The topological polar surface area (TPSA) is 41.3 Å². The van der Waals surface area contributed by atoms with Gasteiger partial charge in [-0.3, -0.25) is 4.90 Å². The highest BCUT2D eigenvalue weighted by molar-refractivity contribution is 5.05. The first kappa shape index (κ1) is 14.5. The van der Waals surface area contributed by atoms with Gasteiger partial charge in [-0.2, -0.15) is 0 Å². The molecular formula is C15H27N3O. The van der Waals surface area contributed by atoms with Crippen LogP contribution >= 0.6 is 0 Å². The number of nitrogens with one attached hydrogen (secondary N) is 1. The summed E-state index contributed by atoms with van der Waals surface area (Å²) in [7, 11) is 0. The van der Waals surface area contributed by atoms with E-state index in [4.69, 9.17) is 4.52 Å². The average molecular weight is 265 g/mol. The summed E-state index contributed by atoms with van der Waals surface area (Å²) in [6.07, 6.45) is 2.60. The van der Waals surface area contributed by atoms with E-state index in [0.717, 1.165) is 30.5 Å². The number of hydrogen-bond donors (Lipinski definition) is 1. The number of nitrogens with zero attached hydrogens (tertiary/aromatic N) is 2. The zero-order valence-electron chi connectivity index (χ0n) is 12.7. The summed E-state index contributed by atoms with van der Waals surface area (Å²) < 4.78 is 5.43. The number of aromatic nitrogens is 1. The van der Waals surface area contributed by atoms with Gasteiger partial charge in [0.05, 0.1) is 12.2 Å². The lowest BCUT2D eigenvalue weighted by Crippen LogP contribution is -2.35. The van der Waals surface area contributed by atoms with Crippen LogP contribution < -0.4 is 5.32 Å². The largest absolute Gasteiger partial charge is 0.360 e. The highest BCUT2D eigenvalue weighted by Crippen LogP contribution is 2.18. The Morgan fingerprint density at radius 1 is 1.37 bits per heavy atom. The van der Waals surface area contributed by atoms with Crippen molar-refractivity contribution in [1.82, 2.24) is 15.4 Å². The number of piperidine rings is 1. The first-order chi connectivity index (χ1) is 8.92. The van der Waals surface area contributed by atoms with E-state index in [2.05, 4.69) is 49.1 Å². The van der Waals surface area contributed by atoms with Gasteiger partial charge >= 0.3 is 0 Å². The third-order valence-electron chi connectivity index (χ3n) is 3.66. The first-order valence-corrected chi connectivity index (χ1v) is 7.34. The van der Waals surface area contributed by atoms with E-state index in [1.54, 1.807) is 0 Å². The molecule has 1 aromatic heterocycles. The Kier molecular flexibility index (Phi) is 4.63. The van der Waals surface area contributed by atoms with Gasteiger partial charge in [0.15, 0.2) is 5.76 Å². The van der Waals surface area contributed by atoms with Crippen LogP contribution in [0.4, 0.5) is 0 Å². The van der Waals surface area contributed by atoms with Crippen molar-refractivity contribution in [3.8, 4) is 0 Å². The lowest BCUT2D eigenvalue weighted by Gasteiger charge is -2.29. The predicted molar refractivity (Wildman–Crippen MR) is 76.8 cm³/mol. The summed E-state index contributed by atoms with van der Waals surface area (Å²) in [6, 6.07) is 2.08. The van der Waals surface area contributed by atoms with Gasteiger partial charge in [-0.15, -0.1) is 0 Å². The third kappa shape index (κ3) is 4.96. The molecule has 1 saturated heterocycles. The Balaban J connectivity index is 1.80. The molecule has 0 aliphatic carbocycles. The maximum absolute atomic E-state index is 5.43. The van der Waals surface area contributed by atoms with Crippen molar-refractivity contribution in [2.75, 3.05) is 13.1 Å². The van der Waals surface area contributed by atoms with E-state index < -0.39 is 0 Å². The Morgan fingerprint density at radius 2 is 2.05 bits per heavy atom. The second-order valence-electron chi connectivity index (χ2n) is 6.85. The van der Waals surface area contributed by atoms with Crippen LogP contribution in [0, 0.1) is 5.92 Å². The number of hydrogen-bond acceptors (Lipinski definition) is 4. The molecule has 4 heteroatoms. The fourth-order valence-electron chi connectivity index (χ4n) is 2.31. The lowest BCUT2D eigenvalue weighted by atomic mass is 9.99. The maximum atomic E-state index is 5.43. The Bertz CT molecular complexity index is 386.